The average molecular weight is 248 g/mol. The van der Waals surface area contributed by atoms with Crippen LogP contribution in [0.2, 0.25) is 0 Å². The highest BCUT2D eigenvalue weighted by Gasteiger charge is 2.26. The Morgan fingerprint density at radius 2 is 2.22 bits per heavy atom. The Morgan fingerprint density at radius 1 is 1.50 bits per heavy atom. The highest BCUT2D eigenvalue weighted by molar-refractivity contribution is 5.79. The summed E-state index contributed by atoms with van der Waals surface area (Å²) in [4.78, 5) is 13.9. The number of rotatable bonds is 2. The summed E-state index contributed by atoms with van der Waals surface area (Å²) in [6, 6.07) is 7.02. The fourth-order valence-corrected chi connectivity index (χ4v) is 2.26. The number of nitrogens with zero attached hydrogens (tertiary/aromatic N) is 1. The number of nitrogens with two attached hydrogens (primary N) is 1. The molecule has 0 aromatic heterocycles. The Kier molecular flexibility index (Phi) is 3.87. The molecule has 1 aromatic rings. The van der Waals surface area contributed by atoms with E-state index in [2.05, 4.69) is 6.92 Å². The number of amides is 1. The van der Waals surface area contributed by atoms with Crippen LogP contribution in [0.25, 0.3) is 0 Å². The highest BCUT2D eigenvalue weighted by Crippen LogP contribution is 2.20. The Morgan fingerprint density at radius 3 is 2.89 bits per heavy atom. The van der Waals surface area contributed by atoms with Crippen LogP contribution in [0.3, 0.4) is 0 Å². The molecule has 1 aliphatic heterocycles. The first-order chi connectivity index (χ1) is 8.58. The predicted molar refractivity (Wildman–Crippen MR) is 70.1 cm³/mol. The molecule has 2 unspecified atom stereocenters. The monoisotopic (exact) mass is 248 g/mol. The van der Waals surface area contributed by atoms with Gasteiger partial charge in [0.2, 0.25) is 5.91 Å². The number of benzene rings is 1. The van der Waals surface area contributed by atoms with Crippen LogP contribution >= 0.6 is 0 Å². The summed E-state index contributed by atoms with van der Waals surface area (Å²) < 4.78 is 0. The molecule has 98 valence electrons. The van der Waals surface area contributed by atoms with Crippen LogP contribution in [0.1, 0.15) is 18.9 Å². The van der Waals surface area contributed by atoms with E-state index in [-0.39, 0.29) is 24.1 Å². The Hall–Kier alpha value is -1.55. The number of likely N-dealkylation sites (tertiary alicyclic amines) is 1. The molecule has 0 spiro atoms. The molecule has 4 nitrogen and oxygen atoms in total. The lowest BCUT2D eigenvalue weighted by atomic mass is 9.94. The van der Waals surface area contributed by atoms with Gasteiger partial charge in [-0.25, -0.2) is 0 Å². The number of hydrogen-bond donors (Lipinski definition) is 2. The van der Waals surface area contributed by atoms with E-state index in [1.165, 1.54) is 0 Å². The summed E-state index contributed by atoms with van der Waals surface area (Å²) >= 11 is 0. The normalized spacial score (nSPS) is 24.0. The predicted octanol–water partition coefficient (Wildman–Crippen LogP) is 1.13. The smallest absolute Gasteiger partial charge is 0.227 e. The molecule has 3 N–H and O–H groups in total. The van der Waals surface area contributed by atoms with E-state index in [1.807, 2.05) is 6.07 Å². The third-order valence-corrected chi connectivity index (χ3v) is 3.70. The maximum absolute atomic E-state index is 12.1. The van der Waals surface area contributed by atoms with Crippen molar-refractivity contribution in [1.82, 2.24) is 4.90 Å². The van der Waals surface area contributed by atoms with E-state index >= 15 is 0 Å². The molecular weight excluding hydrogens is 228 g/mol. The number of para-hydroxylation sites is 1. The van der Waals surface area contributed by atoms with E-state index < -0.39 is 0 Å². The number of carbonyl (C=O) groups is 1. The lowest BCUT2D eigenvalue weighted by molar-refractivity contribution is -0.132. The molecule has 0 radical (unpaired) electrons. The zero-order valence-corrected chi connectivity index (χ0v) is 10.7. The fraction of sp³-hybridized carbons (Fsp3) is 0.500. The highest BCUT2D eigenvalue weighted by atomic mass is 16.3. The first kappa shape index (κ1) is 12.9. The molecule has 1 fully saturated rings. The molecule has 0 bridgehead atoms. The standard InChI is InChI=1S/C14H20N2O2/c1-10-6-7-16(9-12(10)15)14(18)8-11-4-2-3-5-13(11)17/h2-5,10,12,17H,6-9,15H2,1H3. The molecule has 1 saturated heterocycles. The van der Waals surface area contributed by atoms with Gasteiger partial charge in [-0.05, 0) is 18.4 Å². The third kappa shape index (κ3) is 2.82. The van der Waals surface area contributed by atoms with Gasteiger partial charge in [-0.3, -0.25) is 4.79 Å². The number of piperidine rings is 1. The van der Waals surface area contributed by atoms with E-state index in [4.69, 9.17) is 5.73 Å². The van der Waals surface area contributed by atoms with Gasteiger partial charge in [0.1, 0.15) is 5.75 Å². The minimum Gasteiger partial charge on any atom is -0.508 e. The molecule has 18 heavy (non-hydrogen) atoms. The molecular formula is C14H20N2O2. The summed E-state index contributed by atoms with van der Waals surface area (Å²) in [5.41, 5.74) is 6.66. The van der Waals surface area contributed by atoms with Crippen molar-refractivity contribution >= 4 is 5.91 Å². The molecule has 2 atom stereocenters. The van der Waals surface area contributed by atoms with Crippen LogP contribution in [0, 0.1) is 5.92 Å². The zero-order valence-electron chi connectivity index (χ0n) is 10.7. The molecule has 1 heterocycles. The molecule has 0 saturated carbocycles. The van der Waals surface area contributed by atoms with Gasteiger partial charge in [-0.1, -0.05) is 25.1 Å². The fourth-order valence-electron chi connectivity index (χ4n) is 2.26. The van der Waals surface area contributed by atoms with Crippen molar-refractivity contribution in [3.63, 3.8) is 0 Å². The van der Waals surface area contributed by atoms with Gasteiger partial charge in [-0.15, -0.1) is 0 Å². The van der Waals surface area contributed by atoms with Crippen LogP contribution in [0.4, 0.5) is 0 Å². The summed E-state index contributed by atoms with van der Waals surface area (Å²) in [6.07, 6.45) is 1.20. The van der Waals surface area contributed by atoms with Crippen molar-refractivity contribution in [3.8, 4) is 5.75 Å². The van der Waals surface area contributed by atoms with Crippen molar-refractivity contribution in [2.75, 3.05) is 13.1 Å². The van der Waals surface area contributed by atoms with Crippen LogP contribution in [-0.4, -0.2) is 35.0 Å². The summed E-state index contributed by atoms with van der Waals surface area (Å²) in [5.74, 6) is 0.693. The minimum atomic E-state index is 0.0406. The van der Waals surface area contributed by atoms with Crippen LogP contribution in [-0.2, 0) is 11.2 Å². The quantitative estimate of drug-likeness (QED) is 0.824. The molecule has 1 aliphatic rings. The maximum atomic E-state index is 12.1. The number of carbonyl (C=O) groups excluding carboxylic acids is 1. The van der Waals surface area contributed by atoms with Crippen LogP contribution in [0.5, 0.6) is 5.75 Å². The van der Waals surface area contributed by atoms with Crippen molar-refractivity contribution in [3.05, 3.63) is 29.8 Å². The Labute approximate surface area is 107 Å². The van der Waals surface area contributed by atoms with Crippen molar-refractivity contribution in [1.29, 1.82) is 0 Å². The van der Waals surface area contributed by atoms with E-state index in [0.29, 0.717) is 18.0 Å². The van der Waals surface area contributed by atoms with Crippen molar-refractivity contribution in [2.45, 2.75) is 25.8 Å². The first-order valence-corrected chi connectivity index (χ1v) is 6.38. The number of phenols is 1. The second kappa shape index (κ2) is 5.40. The number of hydrogen-bond acceptors (Lipinski definition) is 3. The van der Waals surface area contributed by atoms with Gasteiger partial charge >= 0.3 is 0 Å². The molecule has 1 amide bonds. The lowest BCUT2D eigenvalue weighted by Gasteiger charge is -2.35. The molecule has 0 aliphatic carbocycles. The Balaban J connectivity index is 1.99. The maximum Gasteiger partial charge on any atom is 0.227 e. The van der Waals surface area contributed by atoms with Gasteiger partial charge in [0.25, 0.3) is 0 Å². The Bertz CT molecular complexity index is 434. The van der Waals surface area contributed by atoms with Gasteiger partial charge in [-0.2, -0.15) is 0 Å². The van der Waals surface area contributed by atoms with Crippen LogP contribution in [0.15, 0.2) is 24.3 Å². The number of phenolic OH excluding ortho intramolecular Hbond substituents is 1. The van der Waals surface area contributed by atoms with E-state index in [1.54, 1.807) is 23.1 Å². The molecule has 2 rings (SSSR count). The van der Waals surface area contributed by atoms with E-state index in [9.17, 15) is 9.90 Å². The minimum absolute atomic E-state index is 0.0406. The van der Waals surface area contributed by atoms with Crippen LogP contribution < -0.4 is 5.73 Å². The van der Waals surface area contributed by atoms with Gasteiger partial charge in [0.05, 0.1) is 6.42 Å². The summed E-state index contributed by atoms with van der Waals surface area (Å²) in [7, 11) is 0. The average Bonchev–Trinajstić information content (AvgIpc) is 2.35. The first-order valence-electron chi connectivity index (χ1n) is 6.38. The summed E-state index contributed by atoms with van der Waals surface area (Å²) in [6.45, 7) is 3.50. The molecule has 4 heteroatoms. The zero-order chi connectivity index (χ0) is 13.1. The van der Waals surface area contributed by atoms with E-state index in [0.717, 1.165) is 13.0 Å². The molecule has 1 aromatic carbocycles. The second-order valence-electron chi connectivity index (χ2n) is 5.08. The van der Waals surface area contributed by atoms with Crippen molar-refractivity contribution in [2.24, 2.45) is 11.7 Å². The lowest BCUT2D eigenvalue weighted by Crippen LogP contribution is -2.50. The third-order valence-electron chi connectivity index (χ3n) is 3.70. The number of aromatic hydroxyl groups is 1. The SMILES string of the molecule is CC1CCN(C(=O)Cc2ccccc2O)CC1N. The van der Waals surface area contributed by atoms with Gasteiger partial charge < -0.3 is 15.7 Å². The van der Waals surface area contributed by atoms with Gasteiger partial charge in [0.15, 0.2) is 0 Å². The topological polar surface area (TPSA) is 66.6 Å². The summed E-state index contributed by atoms with van der Waals surface area (Å²) in [5, 5.41) is 9.66. The largest absolute Gasteiger partial charge is 0.508 e. The van der Waals surface area contributed by atoms with Gasteiger partial charge in [0, 0.05) is 24.7 Å². The van der Waals surface area contributed by atoms with Crippen molar-refractivity contribution < 1.29 is 9.90 Å². The second-order valence-corrected chi connectivity index (χ2v) is 5.08.